The monoisotopic (exact) mass is 263 g/mol. The lowest BCUT2D eigenvalue weighted by atomic mass is 10.2. The van der Waals surface area contributed by atoms with E-state index in [1.165, 1.54) is 0 Å². The van der Waals surface area contributed by atoms with E-state index in [-0.39, 0.29) is 0 Å². The first-order valence-electron chi connectivity index (χ1n) is 3.97. The highest BCUT2D eigenvalue weighted by atomic mass is 31.2. The second kappa shape index (κ2) is 4.50. The average Bonchev–Trinajstić information content (AvgIpc) is 2.14. The van der Waals surface area contributed by atoms with Crippen LogP contribution in [0.2, 0.25) is 0 Å². The largest absolute Gasteiger partial charge is 0.524 e. The Balaban J connectivity index is 3.27. The van der Waals surface area contributed by atoms with Gasteiger partial charge in [0.2, 0.25) is 0 Å². The molecule has 1 aromatic carbocycles. The molecule has 0 atom stereocenters. The van der Waals surface area contributed by atoms with Gasteiger partial charge in [-0.1, -0.05) is 0 Å². The van der Waals surface area contributed by atoms with Crippen LogP contribution in [0.5, 0.6) is 5.75 Å². The van der Waals surface area contributed by atoms with Crippen molar-refractivity contribution in [2.45, 2.75) is 0 Å². The molecule has 92 valence electrons. The van der Waals surface area contributed by atoms with Crippen LogP contribution in [0.1, 0.15) is 10.4 Å². The van der Waals surface area contributed by atoms with Gasteiger partial charge in [-0.05, 0) is 6.07 Å². The Labute approximate surface area is 93.7 Å². The Kier molecular flexibility index (Phi) is 3.47. The lowest BCUT2D eigenvalue weighted by Gasteiger charge is -2.08. The molecule has 10 heteroatoms. The van der Waals surface area contributed by atoms with Gasteiger partial charge in [0, 0.05) is 12.1 Å². The summed E-state index contributed by atoms with van der Waals surface area (Å²) in [5.74, 6) is -2.24. The number of carbonyl (C=O) groups is 1. The van der Waals surface area contributed by atoms with Crippen molar-refractivity contribution in [1.29, 1.82) is 0 Å². The van der Waals surface area contributed by atoms with Gasteiger partial charge in [0.25, 0.3) is 5.69 Å². The normalized spacial score (nSPS) is 10.9. The Hall–Kier alpha value is -1.96. The first-order chi connectivity index (χ1) is 7.70. The summed E-state index contributed by atoms with van der Waals surface area (Å²) in [7, 11) is -4.93. The van der Waals surface area contributed by atoms with Crippen molar-refractivity contribution in [3.05, 3.63) is 33.9 Å². The minimum Gasteiger partial charge on any atom is -0.478 e. The van der Waals surface area contributed by atoms with Crippen LogP contribution in [-0.4, -0.2) is 25.8 Å². The number of phosphoric ester groups is 1. The third kappa shape index (κ3) is 3.52. The summed E-state index contributed by atoms with van der Waals surface area (Å²) in [6, 6.07) is 2.32. The van der Waals surface area contributed by atoms with Crippen LogP contribution in [0.4, 0.5) is 5.69 Å². The van der Waals surface area contributed by atoms with E-state index in [1.807, 2.05) is 0 Å². The summed E-state index contributed by atoms with van der Waals surface area (Å²) in [5, 5.41) is 19.1. The number of hydrogen-bond donors (Lipinski definition) is 3. The lowest BCUT2D eigenvalue weighted by Crippen LogP contribution is -2.03. The first kappa shape index (κ1) is 13.1. The van der Waals surface area contributed by atoms with Crippen LogP contribution < -0.4 is 4.52 Å². The van der Waals surface area contributed by atoms with Crippen molar-refractivity contribution < 1.29 is 33.7 Å². The van der Waals surface area contributed by atoms with Gasteiger partial charge in [-0.2, -0.15) is 0 Å². The summed E-state index contributed by atoms with van der Waals surface area (Å²) in [6.45, 7) is 0. The number of nitrogens with zero attached hydrogens (tertiary/aromatic N) is 1. The summed E-state index contributed by atoms with van der Waals surface area (Å²) in [5.41, 5.74) is -1.23. The van der Waals surface area contributed by atoms with Crippen molar-refractivity contribution in [1.82, 2.24) is 0 Å². The molecule has 0 aliphatic rings. The molecule has 3 N–H and O–H groups in total. The lowest BCUT2D eigenvalue weighted by molar-refractivity contribution is -0.384. The van der Waals surface area contributed by atoms with Gasteiger partial charge in [0.1, 0.15) is 11.3 Å². The predicted molar refractivity (Wildman–Crippen MR) is 52.7 cm³/mol. The molecule has 0 aliphatic heterocycles. The highest BCUT2D eigenvalue weighted by Crippen LogP contribution is 2.39. The number of non-ortho nitro benzene ring substituents is 1. The molecule has 0 aromatic heterocycles. The molecule has 0 aliphatic carbocycles. The van der Waals surface area contributed by atoms with E-state index in [0.29, 0.717) is 6.07 Å². The molecule has 1 aromatic rings. The molecule has 0 saturated carbocycles. The maximum absolute atomic E-state index is 10.7. The second-order valence-corrected chi connectivity index (χ2v) is 3.99. The fraction of sp³-hybridized carbons (Fsp3) is 0. The van der Waals surface area contributed by atoms with Crippen molar-refractivity contribution in [3.63, 3.8) is 0 Å². The highest BCUT2D eigenvalue weighted by Gasteiger charge is 2.23. The zero-order valence-corrected chi connectivity index (χ0v) is 8.90. The fourth-order valence-electron chi connectivity index (χ4n) is 1.01. The number of phosphoric acid groups is 1. The van der Waals surface area contributed by atoms with Crippen LogP contribution in [-0.2, 0) is 4.57 Å². The van der Waals surface area contributed by atoms with E-state index < -0.39 is 35.7 Å². The van der Waals surface area contributed by atoms with Crippen molar-refractivity contribution in [2.24, 2.45) is 0 Å². The average molecular weight is 263 g/mol. The van der Waals surface area contributed by atoms with Crippen LogP contribution >= 0.6 is 7.82 Å². The first-order valence-corrected chi connectivity index (χ1v) is 5.50. The minimum absolute atomic E-state index is 0.527. The third-order valence-corrected chi connectivity index (χ3v) is 2.06. The van der Waals surface area contributed by atoms with E-state index in [9.17, 15) is 19.5 Å². The molecule has 0 saturated heterocycles. The van der Waals surface area contributed by atoms with E-state index in [1.54, 1.807) is 0 Å². The van der Waals surface area contributed by atoms with Crippen LogP contribution in [0.25, 0.3) is 0 Å². The van der Waals surface area contributed by atoms with E-state index in [2.05, 4.69) is 4.52 Å². The Bertz CT molecular complexity index is 521. The van der Waals surface area contributed by atoms with Crippen LogP contribution in [0.15, 0.2) is 18.2 Å². The number of hydrogen-bond acceptors (Lipinski definition) is 5. The third-order valence-electron chi connectivity index (χ3n) is 1.62. The van der Waals surface area contributed by atoms with Crippen LogP contribution in [0, 0.1) is 10.1 Å². The van der Waals surface area contributed by atoms with Gasteiger partial charge < -0.3 is 9.63 Å². The maximum atomic E-state index is 10.7. The second-order valence-electron chi connectivity index (χ2n) is 2.82. The molecular formula is C7H6NO8P. The standard InChI is InChI=1S/C7H6NO8P/c9-7(10)5-3-4(8(11)12)1-2-6(5)16-17(13,14)15/h1-3H,(H,9,10)(H2,13,14,15). The Morgan fingerprint density at radius 2 is 2.00 bits per heavy atom. The zero-order valence-electron chi connectivity index (χ0n) is 8.01. The van der Waals surface area contributed by atoms with Gasteiger partial charge in [0.05, 0.1) is 4.92 Å². The highest BCUT2D eigenvalue weighted by molar-refractivity contribution is 7.46. The predicted octanol–water partition coefficient (Wildman–Crippen LogP) is 0.764. The molecule has 0 heterocycles. The summed E-state index contributed by atoms with van der Waals surface area (Å²) < 4.78 is 14.6. The number of carboxylic acid groups (broad SMARTS) is 1. The number of aromatic carboxylic acids is 1. The molecule has 0 bridgehead atoms. The summed E-state index contributed by atoms with van der Waals surface area (Å²) in [4.78, 5) is 37.3. The topological polar surface area (TPSA) is 147 Å². The van der Waals surface area contributed by atoms with Gasteiger partial charge >= 0.3 is 13.8 Å². The molecule has 0 spiro atoms. The summed E-state index contributed by atoms with van der Waals surface area (Å²) in [6.07, 6.45) is 0. The van der Waals surface area contributed by atoms with Crippen molar-refractivity contribution in [3.8, 4) is 5.75 Å². The number of benzene rings is 1. The van der Waals surface area contributed by atoms with E-state index in [0.717, 1.165) is 12.1 Å². The van der Waals surface area contributed by atoms with Crippen LogP contribution in [0.3, 0.4) is 0 Å². The van der Waals surface area contributed by atoms with Gasteiger partial charge in [-0.25, -0.2) is 9.36 Å². The smallest absolute Gasteiger partial charge is 0.478 e. The van der Waals surface area contributed by atoms with Crippen molar-refractivity contribution in [2.75, 3.05) is 0 Å². The van der Waals surface area contributed by atoms with E-state index in [4.69, 9.17) is 14.9 Å². The molecule has 17 heavy (non-hydrogen) atoms. The van der Waals surface area contributed by atoms with Gasteiger partial charge in [0.15, 0.2) is 0 Å². The molecule has 1 rings (SSSR count). The molecule has 0 amide bonds. The molecule has 9 nitrogen and oxygen atoms in total. The number of nitro benzene ring substituents is 1. The Morgan fingerprint density at radius 3 is 2.41 bits per heavy atom. The van der Waals surface area contributed by atoms with Gasteiger partial charge in [-0.3, -0.25) is 19.9 Å². The van der Waals surface area contributed by atoms with E-state index >= 15 is 0 Å². The SMILES string of the molecule is O=C(O)c1cc([N+](=O)[O-])ccc1OP(=O)(O)O. The number of carboxylic acids is 1. The Morgan fingerprint density at radius 1 is 1.41 bits per heavy atom. The molecule has 0 fully saturated rings. The van der Waals surface area contributed by atoms with Crippen molar-refractivity contribution >= 4 is 19.5 Å². The molecule has 0 radical (unpaired) electrons. The maximum Gasteiger partial charge on any atom is 0.524 e. The number of nitro groups is 1. The fourth-order valence-corrected chi connectivity index (χ4v) is 1.42. The van der Waals surface area contributed by atoms with Gasteiger partial charge in [-0.15, -0.1) is 0 Å². The quantitative estimate of drug-likeness (QED) is 0.409. The number of rotatable bonds is 4. The summed E-state index contributed by atoms with van der Waals surface area (Å²) >= 11 is 0. The minimum atomic E-state index is -4.93. The molecule has 0 unspecified atom stereocenters. The zero-order chi connectivity index (χ0) is 13.2. The molecular weight excluding hydrogens is 257 g/mol.